The summed E-state index contributed by atoms with van der Waals surface area (Å²) in [5.41, 5.74) is 2.89. The van der Waals surface area contributed by atoms with Crippen LogP contribution in [0.1, 0.15) is 61.0 Å². The number of aromatic amines is 1. The number of nitrogens with one attached hydrogen (secondary N) is 2. The lowest BCUT2D eigenvalue weighted by Crippen LogP contribution is -2.38. The van der Waals surface area contributed by atoms with Gasteiger partial charge in [0.05, 0.1) is 11.7 Å². The number of aliphatic hydroxyl groups excluding tert-OH is 2. The van der Waals surface area contributed by atoms with Crippen molar-refractivity contribution < 1.29 is 19.7 Å². The number of aliphatic hydroxyl groups is 2. The fourth-order valence-electron chi connectivity index (χ4n) is 3.45. The summed E-state index contributed by atoms with van der Waals surface area (Å²) in [5.74, 6) is 5.67. The van der Waals surface area contributed by atoms with Crippen LogP contribution >= 0.6 is 0 Å². The second kappa shape index (κ2) is 10.9. The number of carbonyl (C=O) groups excluding carboxylic acids is 1. The number of H-pyrrole nitrogens is 1. The zero-order chi connectivity index (χ0) is 23.1. The standard InChI is InChI=1S/C26H30N2O4/c1-17(2)32-24-13-12-19(9-5-4-8-14-29)15-21(24)26(31)28-25(30)18(3)22-16-27-23-11-7-6-10-20(22)23/h6-7,10-13,15-18,25,27,29-30H,4,8,14H2,1-3H3,(H,28,31). The van der Waals surface area contributed by atoms with Crippen LogP contribution in [0.5, 0.6) is 5.75 Å². The molecule has 1 aromatic heterocycles. The van der Waals surface area contributed by atoms with E-state index in [1.807, 2.05) is 51.2 Å². The molecule has 2 atom stereocenters. The number of fused-ring (bicyclic) bond motifs is 1. The van der Waals surface area contributed by atoms with Gasteiger partial charge in [-0.15, -0.1) is 0 Å². The van der Waals surface area contributed by atoms with Gasteiger partial charge in [0.25, 0.3) is 5.91 Å². The lowest BCUT2D eigenvalue weighted by atomic mass is 9.98. The number of rotatable bonds is 8. The molecule has 0 aliphatic carbocycles. The van der Waals surface area contributed by atoms with Gasteiger partial charge in [0.2, 0.25) is 0 Å². The summed E-state index contributed by atoms with van der Waals surface area (Å²) in [4.78, 5) is 16.3. The molecule has 6 nitrogen and oxygen atoms in total. The number of para-hydroxylation sites is 1. The highest BCUT2D eigenvalue weighted by atomic mass is 16.5. The van der Waals surface area contributed by atoms with Crippen molar-refractivity contribution in [2.45, 2.75) is 51.9 Å². The Labute approximate surface area is 188 Å². The van der Waals surface area contributed by atoms with Crippen LogP contribution in [0, 0.1) is 11.8 Å². The maximum absolute atomic E-state index is 13.1. The van der Waals surface area contributed by atoms with Gasteiger partial charge in [-0.25, -0.2) is 0 Å². The fourth-order valence-corrected chi connectivity index (χ4v) is 3.45. The number of unbranched alkanes of at least 4 members (excludes halogenated alkanes) is 1. The van der Waals surface area contributed by atoms with Crippen LogP contribution in [-0.4, -0.2) is 40.0 Å². The van der Waals surface area contributed by atoms with Gasteiger partial charge in [-0.1, -0.05) is 37.0 Å². The summed E-state index contributed by atoms with van der Waals surface area (Å²) >= 11 is 0. The van der Waals surface area contributed by atoms with E-state index in [1.165, 1.54) is 0 Å². The van der Waals surface area contributed by atoms with Gasteiger partial charge in [0, 0.05) is 41.6 Å². The molecule has 2 aromatic carbocycles. The van der Waals surface area contributed by atoms with Crippen LogP contribution in [0.25, 0.3) is 10.9 Å². The van der Waals surface area contributed by atoms with Crippen LogP contribution in [0.3, 0.4) is 0 Å². The van der Waals surface area contributed by atoms with Gasteiger partial charge in [0.1, 0.15) is 12.0 Å². The van der Waals surface area contributed by atoms with Crippen molar-refractivity contribution in [2.24, 2.45) is 0 Å². The van der Waals surface area contributed by atoms with Crippen LogP contribution < -0.4 is 10.1 Å². The van der Waals surface area contributed by atoms with Crippen LogP contribution in [0.15, 0.2) is 48.7 Å². The molecule has 1 amide bonds. The summed E-state index contributed by atoms with van der Waals surface area (Å²) in [6, 6.07) is 13.0. The van der Waals surface area contributed by atoms with E-state index in [9.17, 15) is 9.90 Å². The topological polar surface area (TPSA) is 94.6 Å². The number of hydrogen-bond donors (Lipinski definition) is 4. The molecule has 2 unspecified atom stereocenters. The Morgan fingerprint density at radius 3 is 2.72 bits per heavy atom. The molecular weight excluding hydrogens is 404 g/mol. The van der Waals surface area contributed by atoms with E-state index in [1.54, 1.807) is 18.2 Å². The molecule has 3 aromatic rings. The Bertz CT molecular complexity index is 1120. The molecule has 0 saturated heterocycles. The predicted octanol–water partition coefficient (Wildman–Crippen LogP) is 3.93. The molecule has 0 aliphatic rings. The number of carbonyl (C=O) groups is 1. The monoisotopic (exact) mass is 434 g/mol. The summed E-state index contributed by atoms with van der Waals surface area (Å²) in [6.45, 7) is 5.74. The zero-order valence-corrected chi connectivity index (χ0v) is 18.7. The molecule has 0 radical (unpaired) electrons. The summed E-state index contributed by atoms with van der Waals surface area (Å²) in [5, 5.41) is 23.4. The van der Waals surface area contributed by atoms with E-state index in [0.29, 0.717) is 29.7 Å². The Morgan fingerprint density at radius 1 is 1.19 bits per heavy atom. The quantitative estimate of drug-likeness (QED) is 0.245. The molecule has 3 rings (SSSR count). The molecule has 32 heavy (non-hydrogen) atoms. The highest BCUT2D eigenvalue weighted by Crippen LogP contribution is 2.28. The second-order valence-electron chi connectivity index (χ2n) is 8.00. The third-order valence-corrected chi connectivity index (χ3v) is 5.14. The Kier molecular flexibility index (Phi) is 7.93. The van der Waals surface area contributed by atoms with Crippen molar-refractivity contribution in [1.82, 2.24) is 10.3 Å². The van der Waals surface area contributed by atoms with Gasteiger partial charge in [-0.3, -0.25) is 4.79 Å². The first kappa shape index (κ1) is 23.4. The van der Waals surface area contributed by atoms with Gasteiger partial charge >= 0.3 is 0 Å². The molecule has 6 heteroatoms. The SMILES string of the molecule is CC(C)Oc1ccc(C#CCCCO)cc1C(=O)NC(O)C(C)c1c[nH]c2ccccc12. The van der Waals surface area contributed by atoms with E-state index in [0.717, 1.165) is 16.5 Å². The summed E-state index contributed by atoms with van der Waals surface area (Å²) in [7, 11) is 0. The third kappa shape index (κ3) is 5.70. The number of ether oxygens (including phenoxy) is 1. The third-order valence-electron chi connectivity index (χ3n) is 5.14. The molecule has 1 heterocycles. The van der Waals surface area contributed by atoms with Gasteiger partial charge in [0.15, 0.2) is 0 Å². The molecule has 4 N–H and O–H groups in total. The van der Waals surface area contributed by atoms with E-state index >= 15 is 0 Å². The van der Waals surface area contributed by atoms with Crippen LogP contribution in [0.2, 0.25) is 0 Å². The average molecular weight is 435 g/mol. The Balaban J connectivity index is 1.81. The minimum absolute atomic E-state index is 0.0933. The fraction of sp³-hybridized carbons (Fsp3) is 0.346. The van der Waals surface area contributed by atoms with Crippen LogP contribution in [-0.2, 0) is 0 Å². The predicted molar refractivity (Wildman–Crippen MR) is 126 cm³/mol. The van der Waals surface area contributed by atoms with Gasteiger partial charge in [-0.2, -0.15) is 0 Å². The highest BCUT2D eigenvalue weighted by Gasteiger charge is 2.23. The first-order valence-corrected chi connectivity index (χ1v) is 10.9. The maximum atomic E-state index is 13.1. The van der Waals surface area contributed by atoms with E-state index < -0.39 is 12.1 Å². The Hall–Kier alpha value is -3.27. The normalized spacial score (nSPS) is 12.8. The second-order valence-corrected chi connectivity index (χ2v) is 8.00. The smallest absolute Gasteiger partial charge is 0.257 e. The molecule has 0 fully saturated rings. The first-order valence-electron chi connectivity index (χ1n) is 10.9. The van der Waals surface area contributed by atoms with Crippen molar-refractivity contribution in [1.29, 1.82) is 0 Å². The van der Waals surface area contributed by atoms with Gasteiger partial charge < -0.3 is 25.3 Å². The molecule has 168 valence electrons. The minimum atomic E-state index is -1.09. The molecule has 0 bridgehead atoms. The summed E-state index contributed by atoms with van der Waals surface area (Å²) in [6.07, 6.45) is 1.84. The Morgan fingerprint density at radius 2 is 1.97 bits per heavy atom. The van der Waals surface area contributed by atoms with E-state index in [4.69, 9.17) is 9.84 Å². The molecular formula is C26H30N2O4. The molecule has 0 aliphatic heterocycles. The minimum Gasteiger partial charge on any atom is -0.490 e. The lowest BCUT2D eigenvalue weighted by Gasteiger charge is -2.21. The summed E-state index contributed by atoms with van der Waals surface area (Å²) < 4.78 is 5.81. The van der Waals surface area contributed by atoms with Crippen molar-refractivity contribution >= 4 is 16.8 Å². The number of benzene rings is 2. The van der Waals surface area contributed by atoms with E-state index in [2.05, 4.69) is 22.1 Å². The van der Waals surface area contributed by atoms with Crippen molar-refractivity contribution in [3.63, 3.8) is 0 Å². The van der Waals surface area contributed by atoms with Crippen molar-refractivity contribution in [3.8, 4) is 17.6 Å². The average Bonchev–Trinajstić information content (AvgIpc) is 3.20. The highest BCUT2D eigenvalue weighted by molar-refractivity contribution is 5.97. The number of amides is 1. The van der Waals surface area contributed by atoms with Crippen molar-refractivity contribution in [2.75, 3.05) is 6.61 Å². The lowest BCUT2D eigenvalue weighted by molar-refractivity contribution is 0.0723. The molecule has 0 spiro atoms. The van der Waals surface area contributed by atoms with E-state index in [-0.39, 0.29) is 18.6 Å². The number of hydrogen-bond acceptors (Lipinski definition) is 4. The van der Waals surface area contributed by atoms with Crippen LogP contribution in [0.4, 0.5) is 0 Å². The zero-order valence-electron chi connectivity index (χ0n) is 18.7. The largest absolute Gasteiger partial charge is 0.490 e. The first-order chi connectivity index (χ1) is 15.4. The molecule has 0 saturated carbocycles. The van der Waals surface area contributed by atoms with Crippen molar-refractivity contribution in [3.05, 3.63) is 65.4 Å². The van der Waals surface area contributed by atoms with Gasteiger partial charge in [-0.05, 0) is 50.1 Å². The number of aromatic nitrogens is 1. The maximum Gasteiger partial charge on any atom is 0.257 e.